The van der Waals surface area contributed by atoms with Crippen LogP contribution in [0.3, 0.4) is 0 Å². The Morgan fingerprint density at radius 3 is 2.52 bits per heavy atom. The molecule has 0 atom stereocenters. The zero-order valence-corrected chi connectivity index (χ0v) is 14.4. The number of ether oxygens (including phenoxy) is 1. The number of benzene rings is 1. The monoisotopic (exact) mass is 375 g/mol. The van der Waals surface area contributed by atoms with E-state index < -0.39 is 11.9 Å². The van der Waals surface area contributed by atoms with Gasteiger partial charge in [-0.15, -0.1) is 0 Å². The van der Waals surface area contributed by atoms with E-state index in [0.717, 1.165) is 6.20 Å². The van der Waals surface area contributed by atoms with Crippen molar-refractivity contribution < 1.29 is 14.3 Å². The lowest BCUT2D eigenvalue weighted by Gasteiger charge is -2.12. The summed E-state index contributed by atoms with van der Waals surface area (Å²) in [6.07, 6.45) is 1.11. The lowest BCUT2D eigenvalue weighted by molar-refractivity contribution is -0.138. The molecule has 0 spiro atoms. The molecule has 0 bridgehead atoms. The largest absolute Gasteiger partial charge is 0.462 e. The van der Waals surface area contributed by atoms with Crippen LogP contribution in [0.1, 0.15) is 17.3 Å². The van der Waals surface area contributed by atoms with Gasteiger partial charge in [0.1, 0.15) is 6.07 Å². The summed E-state index contributed by atoms with van der Waals surface area (Å²) in [6.45, 7) is 1.75. The molecule has 0 saturated carbocycles. The minimum atomic E-state index is -0.787. The first-order valence-electron chi connectivity index (χ1n) is 6.30. The maximum atomic E-state index is 11.8. The van der Waals surface area contributed by atoms with Gasteiger partial charge in [-0.05, 0) is 13.0 Å². The van der Waals surface area contributed by atoms with Crippen LogP contribution in [-0.4, -0.2) is 25.5 Å². The van der Waals surface area contributed by atoms with Crippen LogP contribution in [0.5, 0.6) is 0 Å². The Balaban J connectivity index is 3.25. The third-order valence-corrected chi connectivity index (χ3v) is 3.78. The molecule has 9 heteroatoms. The van der Waals surface area contributed by atoms with Crippen molar-refractivity contribution >= 4 is 52.4 Å². The van der Waals surface area contributed by atoms with Crippen molar-refractivity contribution in [2.75, 3.05) is 19.0 Å². The first kappa shape index (κ1) is 19.1. The number of amides is 1. The van der Waals surface area contributed by atoms with Gasteiger partial charge in [-0.1, -0.05) is 34.8 Å². The number of carbonyl (C=O) groups excluding carboxylic acids is 2. The van der Waals surface area contributed by atoms with Gasteiger partial charge in [-0.3, -0.25) is 4.79 Å². The maximum absolute atomic E-state index is 11.8. The van der Waals surface area contributed by atoms with Gasteiger partial charge in [0.2, 0.25) is 0 Å². The Hall–Kier alpha value is -1.94. The molecular formula is C14H12Cl3N3O3. The van der Waals surface area contributed by atoms with Crippen molar-refractivity contribution in [3.8, 4) is 6.07 Å². The second kappa shape index (κ2) is 8.63. The van der Waals surface area contributed by atoms with Gasteiger partial charge < -0.3 is 15.4 Å². The summed E-state index contributed by atoms with van der Waals surface area (Å²) in [5.74, 6) is -1.31. The molecule has 0 aliphatic heterocycles. The van der Waals surface area contributed by atoms with Gasteiger partial charge in [-0.25, -0.2) is 4.79 Å². The van der Waals surface area contributed by atoms with E-state index in [1.165, 1.54) is 13.1 Å². The highest BCUT2D eigenvalue weighted by Crippen LogP contribution is 2.37. The van der Waals surface area contributed by atoms with Gasteiger partial charge in [0.15, 0.2) is 5.57 Å². The van der Waals surface area contributed by atoms with Crippen LogP contribution in [0.4, 0.5) is 5.69 Å². The fourth-order valence-corrected chi connectivity index (χ4v) is 2.31. The molecule has 0 radical (unpaired) electrons. The van der Waals surface area contributed by atoms with Gasteiger partial charge in [0.05, 0.1) is 32.9 Å². The molecule has 122 valence electrons. The zero-order valence-electron chi connectivity index (χ0n) is 12.2. The number of rotatable bonds is 5. The Labute approximate surface area is 148 Å². The average Bonchev–Trinajstić information content (AvgIpc) is 2.52. The van der Waals surface area contributed by atoms with Crippen molar-refractivity contribution in [1.29, 1.82) is 5.26 Å². The predicted molar refractivity (Wildman–Crippen MR) is 88.8 cm³/mol. The quantitative estimate of drug-likeness (QED) is 0.356. The molecule has 0 heterocycles. The molecule has 0 saturated heterocycles. The van der Waals surface area contributed by atoms with E-state index in [0.29, 0.717) is 0 Å². The predicted octanol–water partition coefficient (Wildman–Crippen LogP) is 3.39. The van der Waals surface area contributed by atoms with Crippen molar-refractivity contribution in [2.24, 2.45) is 0 Å². The second-order valence-electron chi connectivity index (χ2n) is 4.02. The number of esters is 1. The Bertz CT molecular complexity index is 711. The molecule has 0 unspecified atom stereocenters. The fourth-order valence-electron chi connectivity index (χ4n) is 1.53. The van der Waals surface area contributed by atoms with Crippen LogP contribution in [0.2, 0.25) is 15.1 Å². The van der Waals surface area contributed by atoms with Crippen molar-refractivity contribution in [3.63, 3.8) is 0 Å². The molecule has 1 amide bonds. The van der Waals surface area contributed by atoms with Gasteiger partial charge in [-0.2, -0.15) is 5.26 Å². The van der Waals surface area contributed by atoms with Gasteiger partial charge in [0, 0.05) is 13.2 Å². The van der Waals surface area contributed by atoms with Gasteiger partial charge in [0.25, 0.3) is 5.91 Å². The molecule has 0 aromatic heterocycles. The molecule has 0 fully saturated rings. The number of hydrogen-bond acceptors (Lipinski definition) is 5. The number of hydrogen-bond donors (Lipinski definition) is 2. The van der Waals surface area contributed by atoms with Crippen LogP contribution in [0.15, 0.2) is 17.8 Å². The molecular weight excluding hydrogens is 365 g/mol. The number of nitriles is 1. The van der Waals surface area contributed by atoms with Crippen molar-refractivity contribution in [3.05, 3.63) is 38.5 Å². The van der Waals surface area contributed by atoms with E-state index in [4.69, 9.17) is 44.8 Å². The number of nitrogens with zero attached hydrogens (tertiary/aromatic N) is 1. The number of carbonyl (C=O) groups is 2. The first-order chi connectivity index (χ1) is 10.9. The molecule has 1 aromatic rings. The molecule has 1 rings (SSSR count). The van der Waals surface area contributed by atoms with Crippen LogP contribution in [0, 0.1) is 11.3 Å². The van der Waals surface area contributed by atoms with Crippen molar-refractivity contribution in [2.45, 2.75) is 6.92 Å². The summed E-state index contributed by atoms with van der Waals surface area (Å²) in [4.78, 5) is 23.4. The summed E-state index contributed by atoms with van der Waals surface area (Å²) in [7, 11) is 1.41. The molecule has 23 heavy (non-hydrogen) atoms. The van der Waals surface area contributed by atoms with E-state index >= 15 is 0 Å². The van der Waals surface area contributed by atoms with E-state index in [9.17, 15) is 9.59 Å². The molecule has 6 nitrogen and oxygen atoms in total. The molecule has 0 aliphatic carbocycles. The van der Waals surface area contributed by atoms with Gasteiger partial charge >= 0.3 is 5.97 Å². The summed E-state index contributed by atoms with van der Waals surface area (Å²) in [5.41, 5.74) is -0.0823. The van der Waals surface area contributed by atoms with Crippen LogP contribution in [0.25, 0.3) is 0 Å². The molecule has 1 aromatic carbocycles. The van der Waals surface area contributed by atoms with E-state index in [1.54, 1.807) is 13.0 Å². The lowest BCUT2D eigenvalue weighted by Crippen LogP contribution is -2.19. The van der Waals surface area contributed by atoms with Crippen LogP contribution in [-0.2, 0) is 9.53 Å². The van der Waals surface area contributed by atoms with Crippen molar-refractivity contribution in [1.82, 2.24) is 5.32 Å². The normalized spacial score (nSPS) is 10.7. The number of anilines is 1. The highest BCUT2D eigenvalue weighted by atomic mass is 35.5. The lowest BCUT2D eigenvalue weighted by atomic mass is 10.1. The summed E-state index contributed by atoms with van der Waals surface area (Å²) in [5, 5.41) is 14.1. The topological polar surface area (TPSA) is 91.2 Å². The molecule has 0 aliphatic rings. The average molecular weight is 377 g/mol. The maximum Gasteiger partial charge on any atom is 0.350 e. The smallest absolute Gasteiger partial charge is 0.350 e. The third-order valence-electron chi connectivity index (χ3n) is 2.60. The summed E-state index contributed by atoms with van der Waals surface area (Å²) in [6, 6.07) is 3.06. The summed E-state index contributed by atoms with van der Waals surface area (Å²) < 4.78 is 4.72. The number of nitrogens with one attached hydrogen (secondary N) is 2. The minimum Gasteiger partial charge on any atom is -0.462 e. The third kappa shape index (κ3) is 4.52. The second-order valence-corrected chi connectivity index (χ2v) is 5.19. The Morgan fingerprint density at radius 2 is 2.00 bits per heavy atom. The SMILES string of the molecule is CCOC(=O)C(C#N)=CNc1cc(Cl)c(Cl)c(C(=O)NC)c1Cl. The Morgan fingerprint density at radius 1 is 1.35 bits per heavy atom. The molecule has 2 N–H and O–H groups in total. The zero-order chi connectivity index (χ0) is 17.6. The van der Waals surface area contributed by atoms with Crippen LogP contribution >= 0.6 is 34.8 Å². The standard InChI is InChI=1S/C14H12Cl3N3O3/c1-3-23-14(22)7(5-18)6-20-9-4-8(15)11(16)10(12(9)17)13(21)19-2/h4,6,20H,3H2,1-2H3,(H,19,21). The highest BCUT2D eigenvalue weighted by Gasteiger charge is 2.20. The minimum absolute atomic E-state index is 0.00329. The fraction of sp³-hybridized carbons (Fsp3) is 0.214. The summed E-state index contributed by atoms with van der Waals surface area (Å²) >= 11 is 18.1. The first-order valence-corrected chi connectivity index (χ1v) is 7.44. The van der Waals surface area contributed by atoms with Crippen LogP contribution < -0.4 is 10.6 Å². The van der Waals surface area contributed by atoms with E-state index in [2.05, 4.69) is 10.6 Å². The van der Waals surface area contributed by atoms with E-state index in [1.807, 2.05) is 0 Å². The number of halogens is 3. The highest BCUT2D eigenvalue weighted by molar-refractivity contribution is 6.47. The van der Waals surface area contributed by atoms with E-state index in [-0.39, 0.29) is 38.5 Å². The Kier molecular flexibility index (Phi) is 7.17.